The van der Waals surface area contributed by atoms with Crippen molar-refractivity contribution >= 4 is 33.7 Å². The van der Waals surface area contributed by atoms with Gasteiger partial charge in [0.05, 0.1) is 0 Å². The molecule has 0 fully saturated rings. The molecule has 9 heteroatoms. The summed E-state index contributed by atoms with van der Waals surface area (Å²) in [7, 11) is -1.67. The van der Waals surface area contributed by atoms with Gasteiger partial charge in [-0.05, 0) is 0 Å². The predicted molar refractivity (Wildman–Crippen MR) is 38.4 cm³/mol. The Morgan fingerprint density at radius 1 is 1.18 bits per heavy atom. The molecule has 0 saturated heterocycles. The molecule has 0 amide bonds. The number of hydrogen-bond donors (Lipinski definition) is 4. The van der Waals surface area contributed by atoms with Gasteiger partial charge in [0, 0.05) is 0 Å². The normalized spacial score (nSPS) is 8.27. The fraction of sp³-hybridized carbons (Fsp3) is 1.00. The summed E-state index contributed by atoms with van der Waals surface area (Å²) in [5, 5.41) is 16.1. The Morgan fingerprint density at radius 2 is 1.27 bits per heavy atom. The van der Waals surface area contributed by atoms with Crippen LogP contribution in [0.15, 0.2) is 0 Å². The van der Waals surface area contributed by atoms with E-state index in [2.05, 4.69) is 16.3 Å². The maximum atomic E-state index is 8.46. The molecule has 0 saturated carbocycles. The second-order valence-corrected chi connectivity index (χ2v) is 1.68. The van der Waals surface area contributed by atoms with E-state index in [9.17, 15) is 0 Å². The second kappa shape index (κ2) is 22.4. The number of rotatable bonds is 1. The van der Waals surface area contributed by atoms with Crippen LogP contribution in [0.4, 0.5) is 0 Å². The van der Waals surface area contributed by atoms with Gasteiger partial charge in [0.1, 0.15) is 0 Å². The van der Waals surface area contributed by atoms with Crippen LogP contribution in [-0.4, -0.2) is 42.6 Å². The van der Waals surface area contributed by atoms with Gasteiger partial charge in [-0.3, -0.25) is 0 Å². The van der Waals surface area contributed by atoms with E-state index < -0.39 is 23.7 Å². The van der Waals surface area contributed by atoms with Gasteiger partial charge >= 0.3 is 55.5 Å². The molecule has 0 bridgehead atoms. The van der Waals surface area contributed by atoms with E-state index in [1.807, 2.05) is 0 Å². The summed E-state index contributed by atoms with van der Waals surface area (Å²) < 4.78 is 16.9. The summed E-state index contributed by atoms with van der Waals surface area (Å²) in [4.78, 5) is 14.0. The summed E-state index contributed by atoms with van der Waals surface area (Å²) >= 11 is 2.19. The molecule has 0 radical (unpaired) electrons. The van der Waals surface area contributed by atoms with E-state index in [-0.39, 0.29) is 0 Å². The molecular weight excluding hydrogens is 209 g/mol. The molecule has 4 N–H and O–H groups in total. The number of aliphatic hydroxyl groups is 2. The minimum absolute atomic E-state index is 0.333. The van der Waals surface area contributed by atoms with Crippen molar-refractivity contribution in [1.82, 2.24) is 0 Å². The van der Waals surface area contributed by atoms with E-state index in [1.165, 1.54) is 0 Å². The van der Waals surface area contributed by atoms with Crippen LogP contribution in [0.5, 0.6) is 0 Å². The maximum absolute atomic E-state index is 8.46. The molecule has 0 unspecified atom stereocenters. The molecule has 0 heterocycles. The van der Waals surface area contributed by atoms with Gasteiger partial charge in [0.15, 0.2) is 0 Å². The van der Waals surface area contributed by atoms with Crippen molar-refractivity contribution in [2.75, 3.05) is 0 Å². The third-order valence-electron chi connectivity index (χ3n) is 0.211. The Hall–Kier alpha value is 0.572. The third kappa shape index (κ3) is 117. The molecule has 0 aromatic carbocycles. The van der Waals surface area contributed by atoms with Crippen LogP contribution in [0.2, 0.25) is 5.28 Å². The van der Waals surface area contributed by atoms with Crippen LogP contribution < -0.4 is 0 Å². The SMILES string of the molecule is O=PO.O=PO.OC(O)[CH2][Al+2]. The average molecular weight is 216 g/mol. The van der Waals surface area contributed by atoms with Crippen LogP contribution >= 0.6 is 17.4 Å². The second-order valence-electron chi connectivity index (χ2n) is 0.880. The van der Waals surface area contributed by atoms with E-state index in [1.54, 1.807) is 0 Å². The molecule has 0 aliphatic rings. The molecule has 0 spiro atoms. The van der Waals surface area contributed by atoms with Gasteiger partial charge in [-0.1, -0.05) is 0 Å². The molecule has 0 aliphatic heterocycles. The molecule has 0 rings (SSSR count). The Labute approximate surface area is 74.9 Å². The quantitative estimate of drug-likeness (QED) is 0.260. The summed E-state index contributed by atoms with van der Waals surface area (Å²) in [6.45, 7) is 0. The summed E-state index contributed by atoms with van der Waals surface area (Å²) in [6, 6.07) is 0. The zero-order valence-electron chi connectivity index (χ0n) is 5.36. The van der Waals surface area contributed by atoms with Crippen molar-refractivity contribution in [3.05, 3.63) is 0 Å². The van der Waals surface area contributed by atoms with Crippen LogP contribution in [0.1, 0.15) is 0 Å². The van der Waals surface area contributed by atoms with Crippen LogP contribution in [0.3, 0.4) is 0 Å². The molecule has 0 aliphatic carbocycles. The molecule has 0 aromatic heterocycles. The number of aliphatic hydroxyl groups excluding tert-OH is 1. The monoisotopic (exact) mass is 216 g/mol. The summed E-state index contributed by atoms with van der Waals surface area (Å²) in [5.41, 5.74) is 0. The van der Waals surface area contributed by atoms with Crippen molar-refractivity contribution in [3.8, 4) is 0 Å². The third-order valence-corrected chi connectivity index (χ3v) is 0.632. The summed E-state index contributed by atoms with van der Waals surface area (Å²) in [6.07, 6.45) is -1.15. The van der Waals surface area contributed by atoms with Gasteiger partial charge in [0.25, 0.3) is 0 Å². The van der Waals surface area contributed by atoms with E-state index in [0.29, 0.717) is 5.28 Å². The van der Waals surface area contributed by atoms with E-state index in [0.717, 1.165) is 0 Å². The van der Waals surface area contributed by atoms with Gasteiger partial charge in [-0.2, -0.15) is 0 Å². The summed E-state index contributed by atoms with van der Waals surface area (Å²) in [5.74, 6) is 0. The Balaban J connectivity index is -0.0000000933. The topological polar surface area (TPSA) is 115 Å². The molecular formula is C2H7AlO6P2+2. The minimum atomic E-state index is -1.15. The Kier molecular flexibility index (Phi) is 35.9. The Bertz CT molecular complexity index is 73.0. The molecule has 6 nitrogen and oxygen atoms in total. The van der Waals surface area contributed by atoms with E-state index in [4.69, 9.17) is 29.1 Å². The average Bonchev–Trinajstić information content (AvgIpc) is 1.91. The van der Waals surface area contributed by atoms with Crippen molar-refractivity contribution in [2.45, 2.75) is 11.6 Å². The zero-order chi connectivity index (χ0) is 9.70. The zero-order valence-corrected chi connectivity index (χ0v) is 8.31. The van der Waals surface area contributed by atoms with Gasteiger partial charge < -0.3 is 9.79 Å². The van der Waals surface area contributed by atoms with Gasteiger partial charge in [-0.25, -0.2) is 9.13 Å². The molecule has 0 aromatic rings. The first-order chi connectivity index (χ1) is 5.10. The predicted octanol–water partition coefficient (Wildman–Crippen LogP) is -0.745. The van der Waals surface area contributed by atoms with Gasteiger partial charge in [-0.15, -0.1) is 0 Å². The van der Waals surface area contributed by atoms with Crippen molar-refractivity contribution in [1.29, 1.82) is 0 Å². The van der Waals surface area contributed by atoms with E-state index >= 15 is 0 Å². The van der Waals surface area contributed by atoms with Crippen LogP contribution in [0, 0.1) is 0 Å². The van der Waals surface area contributed by atoms with Crippen LogP contribution in [-0.2, 0) is 9.13 Å². The molecule has 0 atom stereocenters. The standard InChI is InChI=1S/C2H5O2.Al.2HO2P/c1-2(3)4;;2*1-3-2/h2-4H,1H2;;2*(H,1,2)/q;+2;;. The fourth-order valence-electron chi connectivity index (χ4n) is 0. The fourth-order valence-corrected chi connectivity index (χ4v) is 0. The van der Waals surface area contributed by atoms with Crippen molar-refractivity contribution < 1.29 is 29.1 Å². The molecule has 11 heavy (non-hydrogen) atoms. The van der Waals surface area contributed by atoms with Crippen molar-refractivity contribution in [3.63, 3.8) is 0 Å². The molecule has 62 valence electrons. The first-order valence-corrected chi connectivity index (χ1v) is 4.44. The Morgan fingerprint density at radius 3 is 1.27 bits per heavy atom. The number of hydrogen-bond acceptors (Lipinski definition) is 4. The first kappa shape index (κ1) is 17.6. The van der Waals surface area contributed by atoms with Crippen LogP contribution in [0.25, 0.3) is 0 Å². The van der Waals surface area contributed by atoms with Gasteiger partial charge in [0.2, 0.25) is 0 Å². The van der Waals surface area contributed by atoms with Crippen molar-refractivity contribution in [2.24, 2.45) is 0 Å². The first-order valence-electron chi connectivity index (χ1n) is 2.10.